The fourth-order valence-corrected chi connectivity index (χ4v) is 4.75. The van der Waals surface area contributed by atoms with E-state index in [2.05, 4.69) is 29.1 Å². The van der Waals surface area contributed by atoms with Gasteiger partial charge in [0.2, 0.25) is 0 Å². The van der Waals surface area contributed by atoms with E-state index in [0.29, 0.717) is 18.1 Å². The third-order valence-corrected chi connectivity index (χ3v) is 6.16. The lowest BCUT2D eigenvalue weighted by atomic mass is 9.55. The Balaban J connectivity index is 1.59. The van der Waals surface area contributed by atoms with Crippen molar-refractivity contribution >= 4 is 11.9 Å². The Hall–Kier alpha value is -1.30. The molecule has 0 aromatic rings. The lowest BCUT2D eigenvalue weighted by Crippen LogP contribution is -2.71. The van der Waals surface area contributed by atoms with E-state index < -0.39 is 0 Å². The SMILES string of the molecule is CN=C(NC1C2CCCOC2C1(C)C)N1CCC(C(=O)OC)CC1. The molecule has 2 aliphatic heterocycles. The van der Waals surface area contributed by atoms with E-state index >= 15 is 0 Å². The summed E-state index contributed by atoms with van der Waals surface area (Å²) in [5.41, 5.74) is 0.130. The third-order valence-electron chi connectivity index (χ3n) is 6.16. The Labute approximate surface area is 145 Å². The summed E-state index contributed by atoms with van der Waals surface area (Å²) < 4.78 is 10.9. The summed E-state index contributed by atoms with van der Waals surface area (Å²) in [6.45, 7) is 7.16. The molecule has 1 N–H and O–H groups in total. The van der Waals surface area contributed by atoms with Gasteiger partial charge < -0.3 is 19.7 Å². The lowest BCUT2D eigenvalue weighted by Gasteiger charge is -2.60. The molecule has 136 valence electrons. The molecule has 1 aliphatic carbocycles. The Morgan fingerprint density at radius 3 is 2.62 bits per heavy atom. The zero-order valence-corrected chi connectivity index (χ0v) is 15.4. The van der Waals surface area contributed by atoms with Gasteiger partial charge in [-0.3, -0.25) is 9.79 Å². The van der Waals surface area contributed by atoms with E-state index in [9.17, 15) is 4.79 Å². The second kappa shape index (κ2) is 6.90. The van der Waals surface area contributed by atoms with Gasteiger partial charge in [-0.25, -0.2) is 0 Å². The van der Waals surface area contributed by atoms with E-state index in [4.69, 9.17) is 9.47 Å². The van der Waals surface area contributed by atoms with E-state index in [1.807, 2.05) is 7.05 Å². The number of carbonyl (C=O) groups excluding carboxylic acids is 1. The van der Waals surface area contributed by atoms with Gasteiger partial charge in [-0.15, -0.1) is 0 Å². The first kappa shape index (κ1) is 17.5. The lowest BCUT2D eigenvalue weighted by molar-refractivity contribution is -0.188. The van der Waals surface area contributed by atoms with Crippen LogP contribution in [0.1, 0.15) is 39.5 Å². The summed E-state index contributed by atoms with van der Waals surface area (Å²) in [6, 6.07) is 0.403. The van der Waals surface area contributed by atoms with Crippen molar-refractivity contribution in [2.45, 2.75) is 51.7 Å². The Bertz CT molecular complexity index is 498. The van der Waals surface area contributed by atoms with Gasteiger partial charge >= 0.3 is 5.97 Å². The number of likely N-dealkylation sites (tertiary alicyclic amines) is 1. The van der Waals surface area contributed by atoms with Crippen molar-refractivity contribution < 1.29 is 14.3 Å². The first-order valence-corrected chi connectivity index (χ1v) is 9.16. The molecular weight excluding hydrogens is 306 g/mol. The van der Waals surface area contributed by atoms with Gasteiger partial charge in [-0.2, -0.15) is 0 Å². The number of nitrogens with one attached hydrogen (secondary N) is 1. The van der Waals surface area contributed by atoms with Crippen molar-refractivity contribution in [2.75, 3.05) is 33.9 Å². The number of carbonyl (C=O) groups is 1. The molecule has 2 heterocycles. The highest BCUT2D eigenvalue weighted by Gasteiger charge is 2.58. The van der Waals surface area contributed by atoms with Crippen LogP contribution in [0.15, 0.2) is 4.99 Å². The smallest absolute Gasteiger partial charge is 0.308 e. The van der Waals surface area contributed by atoms with Crippen LogP contribution in [0.3, 0.4) is 0 Å². The van der Waals surface area contributed by atoms with E-state index in [0.717, 1.165) is 44.9 Å². The van der Waals surface area contributed by atoms with Gasteiger partial charge in [0.05, 0.1) is 19.1 Å². The number of aliphatic imine (C=N–C) groups is 1. The first-order valence-electron chi connectivity index (χ1n) is 9.16. The quantitative estimate of drug-likeness (QED) is 0.472. The van der Waals surface area contributed by atoms with Crippen molar-refractivity contribution in [1.82, 2.24) is 10.2 Å². The number of fused-ring (bicyclic) bond motifs is 1. The van der Waals surface area contributed by atoms with Gasteiger partial charge in [0.15, 0.2) is 5.96 Å². The molecule has 0 amide bonds. The minimum atomic E-state index is -0.0834. The number of esters is 1. The largest absolute Gasteiger partial charge is 0.469 e. The Kier molecular flexibility index (Phi) is 5.04. The van der Waals surface area contributed by atoms with Crippen LogP contribution in [-0.2, 0) is 14.3 Å². The molecule has 2 saturated heterocycles. The molecule has 0 radical (unpaired) electrons. The zero-order valence-electron chi connectivity index (χ0n) is 15.4. The highest BCUT2D eigenvalue weighted by atomic mass is 16.5. The predicted octanol–water partition coefficient (Wildman–Crippen LogP) is 1.65. The molecule has 24 heavy (non-hydrogen) atoms. The molecule has 0 aromatic carbocycles. The fraction of sp³-hybridized carbons (Fsp3) is 0.889. The van der Waals surface area contributed by atoms with E-state index in [-0.39, 0.29) is 17.3 Å². The van der Waals surface area contributed by atoms with Gasteiger partial charge in [-0.1, -0.05) is 13.8 Å². The maximum absolute atomic E-state index is 11.7. The van der Waals surface area contributed by atoms with E-state index in [1.54, 1.807) is 0 Å². The van der Waals surface area contributed by atoms with Gasteiger partial charge in [-0.05, 0) is 25.7 Å². The fourth-order valence-electron chi connectivity index (χ4n) is 4.75. The summed E-state index contributed by atoms with van der Waals surface area (Å²) in [6.07, 6.45) is 4.41. The number of nitrogens with zero attached hydrogens (tertiary/aromatic N) is 2. The second-order valence-corrected chi connectivity index (χ2v) is 7.87. The highest BCUT2D eigenvalue weighted by Crippen LogP contribution is 2.51. The summed E-state index contributed by atoms with van der Waals surface area (Å²) in [4.78, 5) is 18.5. The maximum Gasteiger partial charge on any atom is 0.308 e. The van der Waals surface area contributed by atoms with Gasteiger partial charge in [0.1, 0.15) is 0 Å². The Morgan fingerprint density at radius 1 is 1.29 bits per heavy atom. The molecule has 6 heteroatoms. The molecule has 3 rings (SSSR count). The number of hydrogen-bond donors (Lipinski definition) is 1. The molecule has 1 saturated carbocycles. The first-order chi connectivity index (χ1) is 11.5. The number of methoxy groups -OCH3 is 1. The summed E-state index contributed by atoms with van der Waals surface area (Å²) in [7, 11) is 3.31. The summed E-state index contributed by atoms with van der Waals surface area (Å²) in [5.74, 6) is 1.49. The van der Waals surface area contributed by atoms with Crippen molar-refractivity contribution in [2.24, 2.45) is 22.2 Å². The molecule has 0 aromatic heterocycles. The van der Waals surface area contributed by atoms with Gasteiger partial charge in [0.25, 0.3) is 0 Å². The monoisotopic (exact) mass is 337 g/mol. The highest BCUT2D eigenvalue weighted by molar-refractivity contribution is 5.81. The summed E-state index contributed by atoms with van der Waals surface area (Å²) >= 11 is 0. The molecule has 3 atom stereocenters. The molecule has 6 nitrogen and oxygen atoms in total. The third kappa shape index (κ3) is 3.01. The minimum Gasteiger partial charge on any atom is -0.469 e. The van der Waals surface area contributed by atoms with Crippen LogP contribution in [0, 0.1) is 17.3 Å². The van der Waals surface area contributed by atoms with Crippen LogP contribution in [-0.4, -0.2) is 62.8 Å². The van der Waals surface area contributed by atoms with Crippen LogP contribution in [0.4, 0.5) is 0 Å². The minimum absolute atomic E-state index is 0.0284. The number of hydrogen-bond acceptors (Lipinski definition) is 4. The standard InChI is InChI=1S/C18H31N3O3/c1-18(2)14(13-6-5-11-24-15(13)18)20-17(19-3)21-9-7-12(8-10-21)16(22)23-4/h12-15H,5-11H2,1-4H3,(H,19,20). The van der Waals surface area contributed by atoms with Crippen molar-refractivity contribution in [1.29, 1.82) is 0 Å². The molecule has 3 fully saturated rings. The number of piperidine rings is 1. The average molecular weight is 337 g/mol. The number of guanidine groups is 1. The van der Waals surface area contributed by atoms with Crippen LogP contribution in [0.2, 0.25) is 0 Å². The molecule has 0 spiro atoms. The van der Waals surface area contributed by atoms with Crippen LogP contribution >= 0.6 is 0 Å². The van der Waals surface area contributed by atoms with Crippen molar-refractivity contribution in [3.8, 4) is 0 Å². The normalized spacial score (nSPS) is 33.4. The Morgan fingerprint density at radius 2 is 2.00 bits per heavy atom. The van der Waals surface area contributed by atoms with Crippen LogP contribution in [0.25, 0.3) is 0 Å². The molecule has 3 unspecified atom stereocenters. The molecule has 3 aliphatic rings. The number of rotatable bonds is 2. The topological polar surface area (TPSA) is 63.2 Å². The zero-order chi connectivity index (χ0) is 17.3. The molecular formula is C18H31N3O3. The van der Waals surface area contributed by atoms with Crippen LogP contribution < -0.4 is 5.32 Å². The average Bonchev–Trinajstić information content (AvgIpc) is 2.62. The van der Waals surface area contributed by atoms with Crippen LogP contribution in [0.5, 0.6) is 0 Å². The van der Waals surface area contributed by atoms with Crippen molar-refractivity contribution in [3.63, 3.8) is 0 Å². The van der Waals surface area contributed by atoms with E-state index in [1.165, 1.54) is 13.5 Å². The predicted molar refractivity (Wildman–Crippen MR) is 92.8 cm³/mol. The number of ether oxygens (including phenoxy) is 2. The second-order valence-electron chi connectivity index (χ2n) is 7.87. The summed E-state index contributed by atoms with van der Waals surface area (Å²) in [5, 5.41) is 3.70. The van der Waals surface area contributed by atoms with Gasteiger partial charge in [0, 0.05) is 44.1 Å². The van der Waals surface area contributed by atoms with Crippen molar-refractivity contribution in [3.05, 3.63) is 0 Å². The maximum atomic E-state index is 11.7. The molecule has 0 bridgehead atoms.